The van der Waals surface area contributed by atoms with Crippen molar-refractivity contribution in [1.29, 1.82) is 0 Å². The van der Waals surface area contributed by atoms with Crippen LogP contribution in [-0.2, 0) is 20.4 Å². The molecule has 0 spiro atoms. The van der Waals surface area contributed by atoms with Crippen molar-refractivity contribution in [2.75, 3.05) is 11.8 Å². The summed E-state index contributed by atoms with van der Waals surface area (Å²) in [4.78, 5) is 18.4. The summed E-state index contributed by atoms with van der Waals surface area (Å²) in [6, 6.07) is 6.87. The van der Waals surface area contributed by atoms with Crippen LogP contribution in [0, 0.1) is 13.8 Å². The van der Waals surface area contributed by atoms with Gasteiger partial charge in [-0.05, 0) is 45.4 Å². The van der Waals surface area contributed by atoms with Crippen molar-refractivity contribution in [3.63, 3.8) is 0 Å². The van der Waals surface area contributed by atoms with Gasteiger partial charge in [-0.1, -0.05) is 17.3 Å². The van der Waals surface area contributed by atoms with Crippen LogP contribution < -0.4 is 4.72 Å². The molecular formula is C18H22N4O4S. The van der Waals surface area contributed by atoms with Gasteiger partial charge in [0.15, 0.2) is 10.7 Å². The molecule has 1 aromatic heterocycles. The van der Waals surface area contributed by atoms with E-state index in [0.29, 0.717) is 17.2 Å². The summed E-state index contributed by atoms with van der Waals surface area (Å²) >= 11 is 0. The highest BCUT2D eigenvalue weighted by molar-refractivity contribution is 7.92. The third kappa shape index (κ3) is 3.46. The van der Waals surface area contributed by atoms with Crippen molar-refractivity contribution in [3.8, 4) is 0 Å². The number of sulfonamides is 1. The van der Waals surface area contributed by atoms with Gasteiger partial charge >= 0.3 is 0 Å². The highest BCUT2D eigenvalue weighted by Gasteiger charge is 2.35. The zero-order valence-corrected chi connectivity index (χ0v) is 16.7. The normalized spacial score (nSPS) is 20.6. The van der Waals surface area contributed by atoms with Crippen LogP contribution in [0.1, 0.15) is 37.3 Å². The van der Waals surface area contributed by atoms with Crippen molar-refractivity contribution >= 4 is 27.5 Å². The Labute approximate surface area is 158 Å². The van der Waals surface area contributed by atoms with Crippen LogP contribution in [0.4, 0.5) is 5.69 Å². The number of carbonyl (C=O) groups excluding carboxylic acids is 1. The second-order valence-electron chi connectivity index (χ2n) is 6.90. The van der Waals surface area contributed by atoms with E-state index in [-0.39, 0.29) is 23.0 Å². The maximum atomic E-state index is 12.6. The average Bonchev–Trinajstić information content (AvgIpc) is 2.92. The summed E-state index contributed by atoms with van der Waals surface area (Å²) in [7, 11) is -2.10. The molecule has 0 fully saturated rings. The summed E-state index contributed by atoms with van der Waals surface area (Å²) in [5.41, 5.74) is 0.872. The smallest absolute Gasteiger partial charge is 0.267 e. The molecule has 1 N–H and O–H groups in total. The fraction of sp³-hybridized carbons (Fsp3) is 0.389. The molecule has 2 heterocycles. The molecule has 0 aliphatic carbocycles. The molecule has 0 saturated heterocycles. The predicted octanol–water partition coefficient (Wildman–Crippen LogP) is 2.59. The zero-order chi connectivity index (χ0) is 20.0. The molecule has 1 aliphatic rings. The van der Waals surface area contributed by atoms with Gasteiger partial charge in [0.25, 0.3) is 10.0 Å². The first-order valence-corrected chi connectivity index (χ1v) is 9.91. The lowest BCUT2D eigenvalue weighted by Crippen LogP contribution is -2.42. The molecule has 1 aliphatic heterocycles. The lowest BCUT2D eigenvalue weighted by atomic mass is 9.87. The minimum atomic E-state index is -3.80. The average molecular weight is 390 g/mol. The maximum absolute atomic E-state index is 12.6. The van der Waals surface area contributed by atoms with Gasteiger partial charge in [0.2, 0.25) is 5.91 Å². The first kappa shape index (κ1) is 19.1. The van der Waals surface area contributed by atoms with Crippen LogP contribution in [-0.4, -0.2) is 37.3 Å². The zero-order valence-electron chi connectivity index (χ0n) is 15.9. The van der Waals surface area contributed by atoms with Gasteiger partial charge in [0, 0.05) is 12.7 Å². The lowest BCUT2D eigenvalue weighted by molar-refractivity contribution is -0.128. The number of aliphatic imine (C=N–C) groups is 1. The SMILES string of the molecule is CC1=N[C@](C)(c2ccc(NS(=O)(=O)c3c(C)noc3C)cc2)CC(=O)N1C. The Kier molecular flexibility index (Phi) is 4.59. The molecule has 9 heteroatoms. The number of amidine groups is 1. The molecule has 1 atom stereocenters. The van der Waals surface area contributed by atoms with E-state index in [2.05, 4.69) is 14.9 Å². The Bertz CT molecular complexity index is 1000. The van der Waals surface area contributed by atoms with Crippen molar-refractivity contribution in [1.82, 2.24) is 10.1 Å². The minimum absolute atomic E-state index is 0.00631. The van der Waals surface area contributed by atoms with Crippen LogP contribution in [0.15, 0.2) is 38.7 Å². The number of hydrogen-bond donors (Lipinski definition) is 1. The molecule has 0 saturated carbocycles. The van der Waals surface area contributed by atoms with E-state index in [9.17, 15) is 13.2 Å². The van der Waals surface area contributed by atoms with Gasteiger partial charge in [0.05, 0.1) is 12.0 Å². The van der Waals surface area contributed by atoms with Crippen LogP contribution in [0.3, 0.4) is 0 Å². The van der Waals surface area contributed by atoms with Gasteiger partial charge in [-0.15, -0.1) is 0 Å². The fourth-order valence-electron chi connectivity index (χ4n) is 3.19. The third-order valence-electron chi connectivity index (χ3n) is 4.76. The minimum Gasteiger partial charge on any atom is -0.360 e. The Morgan fingerprint density at radius 3 is 2.33 bits per heavy atom. The van der Waals surface area contributed by atoms with E-state index in [1.807, 2.05) is 6.92 Å². The van der Waals surface area contributed by atoms with Crippen LogP contribution >= 0.6 is 0 Å². The number of aryl methyl sites for hydroxylation is 2. The van der Waals surface area contributed by atoms with Gasteiger partial charge in [0.1, 0.15) is 11.5 Å². The standard InChI is InChI=1S/C18H22N4O4S/c1-11-17(12(2)26-20-11)27(24,25)21-15-8-6-14(7-9-15)18(4)10-16(23)22(5)13(3)19-18/h6-9,21H,10H2,1-5H3/t18-/m0/s1. The second-order valence-corrected chi connectivity index (χ2v) is 8.52. The molecule has 0 radical (unpaired) electrons. The Balaban J connectivity index is 1.87. The second kappa shape index (κ2) is 6.49. The van der Waals surface area contributed by atoms with Crippen LogP contribution in [0.25, 0.3) is 0 Å². The van der Waals surface area contributed by atoms with Gasteiger partial charge in [-0.25, -0.2) is 8.42 Å². The van der Waals surface area contributed by atoms with E-state index < -0.39 is 15.6 Å². The van der Waals surface area contributed by atoms with Gasteiger partial charge in [-0.3, -0.25) is 14.5 Å². The molecule has 3 rings (SSSR count). The summed E-state index contributed by atoms with van der Waals surface area (Å²) in [5.74, 6) is 0.879. The summed E-state index contributed by atoms with van der Waals surface area (Å²) in [6.45, 7) is 6.81. The molecule has 8 nitrogen and oxygen atoms in total. The van der Waals surface area contributed by atoms with Crippen molar-refractivity contribution in [3.05, 3.63) is 41.3 Å². The van der Waals surface area contributed by atoms with E-state index in [1.165, 1.54) is 4.90 Å². The van der Waals surface area contributed by atoms with Crippen molar-refractivity contribution in [2.24, 2.45) is 4.99 Å². The largest absolute Gasteiger partial charge is 0.360 e. The number of hydrogen-bond acceptors (Lipinski definition) is 6. The molecule has 144 valence electrons. The topological polar surface area (TPSA) is 105 Å². The molecule has 0 bridgehead atoms. The summed E-state index contributed by atoms with van der Waals surface area (Å²) < 4.78 is 32.7. The summed E-state index contributed by atoms with van der Waals surface area (Å²) in [6.07, 6.45) is 0.255. The summed E-state index contributed by atoms with van der Waals surface area (Å²) in [5, 5.41) is 3.68. The van der Waals surface area contributed by atoms with Crippen molar-refractivity contribution < 1.29 is 17.7 Å². The fourth-order valence-corrected chi connectivity index (χ4v) is 4.58. The quantitative estimate of drug-likeness (QED) is 0.864. The van der Waals surface area contributed by atoms with E-state index >= 15 is 0 Å². The van der Waals surface area contributed by atoms with E-state index in [1.54, 1.807) is 52.1 Å². The molecule has 1 aromatic carbocycles. The number of benzene rings is 1. The molecule has 2 aromatic rings. The molecule has 27 heavy (non-hydrogen) atoms. The van der Waals surface area contributed by atoms with Gasteiger partial charge < -0.3 is 9.42 Å². The maximum Gasteiger partial charge on any atom is 0.267 e. The van der Waals surface area contributed by atoms with Gasteiger partial charge in [-0.2, -0.15) is 0 Å². The predicted molar refractivity (Wildman–Crippen MR) is 101 cm³/mol. The highest BCUT2D eigenvalue weighted by atomic mass is 32.2. The molecule has 1 amide bonds. The van der Waals surface area contributed by atoms with Crippen LogP contribution in [0.5, 0.6) is 0 Å². The third-order valence-corrected chi connectivity index (χ3v) is 6.38. The number of amides is 1. The number of nitrogens with one attached hydrogen (secondary N) is 1. The van der Waals surface area contributed by atoms with Crippen molar-refractivity contribution in [2.45, 2.75) is 44.6 Å². The Hall–Kier alpha value is -2.68. The number of carbonyl (C=O) groups is 1. The van der Waals surface area contributed by atoms with E-state index in [4.69, 9.17) is 4.52 Å². The Morgan fingerprint density at radius 2 is 1.81 bits per heavy atom. The molecule has 0 unspecified atom stereocenters. The number of aromatic nitrogens is 1. The Morgan fingerprint density at radius 1 is 1.19 bits per heavy atom. The first-order chi connectivity index (χ1) is 12.5. The monoisotopic (exact) mass is 390 g/mol. The first-order valence-electron chi connectivity index (χ1n) is 8.43. The lowest BCUT2D eigenvalue weighted by Gasteiger charge is -2.34. The highest BCUT2D eigenvalue weighted by Crippen LogP contribution is 2.34. The number of nitrogens with zero attached hydrogens (tertiary/aromatic N) is 3. The van der Waals surface area contributed by atoms with E-state index in [0.717, 1.165) is 5.56 Å². The van der Waals surface area contributed by atoms with Crippen LogP contribution in [0.2, 0.25) is 0 Å². The number of rotatable bonds is 4. The molecular weight excluding hydrogens is 368 g/mol. The number of anilines is 1.